The normalized spacial score (nSPS) is 30.8. The maximum Gasteiger partial charge on any atom is 0.235 e. The van der Waals surface area contributed by atoms with Crippen molar-refractivity contribution in [3.8, 4) is 0 Å². The summed E-state index contributed by atoms with van der Waals surface area (Å²) in [5, 5.41) is 7.39. The molecule has 4 heterocycles. The molecular formula is C19H16ClN3O4. The molecule has 27 heavy (non-hydrogen) atoms. The first kappa shape index (κ1) is 16.5. The Balaban J connectivity index is 1.43. The van der Waals surface area contributed by atoms with E-state index in [4.69, 9.17) is 20.9 Å². The molecule has 2 aromatic rings. The molecule has 2 fully saturated rings. The predicted molar refractivity (Wildman–Crippen MR) is 97.4 cm³/mol. The standard InChI is InChI=1S/C19H16ClN3O4/c1-10-8-14(22-27-10)23-9-19-7-6-13(26-19)15(16(19)18(23)25)17(24)21-12-4-2-11(20)3-5-12/h2-8,13,15-16H,9H2,1H3,(H,21,24)/t13-,15+,16-,19-/m1/s1. The molecular weight excluding hydrogens is 370 g/mol. The van der Waals surface area contributed by atoms with E-state index in [1.54, 1.807) is 37.3 Å². The van der Waals surface area contributed by atoms with Crippen molar-refractivity contribution in [1.82, 2.24) is 5.16 Å². The molecule has 2 amide bonds. The smallest absolute Gasteiger partial charge is 0.235 e. The van der Waals surface area contributed by atoms with Crippen LogP contribution in [0.2, 0.25) is 5.02 Å². The van der Waals surface area contributed by atoms with Crippen molar-refractivity contribution in [1.29, 1.82) is 0 Å². The second kappa shape index (κ2) is 5.68. The van der Waals surface area contributed by atoms with Crippen LogP contribution in [-0.4, -0.2) is 35.2 Å². The highest BCUT2D eigenvalue weighted by Crippen LogP contribution is 2.52. The summed E-state index contributed by atoms with van der Waals surface area (Å²) in [7, 11) is 0. The van der Waals surface area contributed by atoms with Crippen molar-refractivity contribution < 1.29 is 18.8 Å². The first-order chi connectivity index (χ1) is 13.0. The molecule has 3 aliphatic rings. The number of aromatic nitrogens is 1. The molecule has 0 unspecified atom stereocenters. The highest BCUT2D eigenvalue weighted by Gasteiger charge is 2.67. The SMILES string of the molecule is Cc1cc(N2C[C@@]34C=C[C@@H](O3)[C@H](C(=O)Nc3ccc(Cl)cc3)[C@@H]4C2=O)no1. The minimum Gasteiger partial charge on any atom is -0.360 e. The van der Waals surface area contributed by atoms with Gasteiger partial charge in [-0.25, -0.2) is 0 Å². The zero-order valence-corrected chi connectivity index (χ0v) is 15.1. The van der Waals surface area contributed by atoms with Gasteiger partial charge in [-0.1, -0.05) is 28.9 Å². The van der Waals surface area contributed by atoms with E-state index in [9.17, 15) is 9.59 Å². The van der Waals surface area contributed by atoms with Gasteiger partial charge in [0.15, 0.2) is 5.82 Å². The number of halogens is 1. The van der Waals surface area contributed by atoms with E-state index in [2.05, 4.69) is 10.5 Å². The minimum absolute atomic E-state index is 0.175. The molecule has 0 aliphatic carbocycles. The fraction of sp³-hybridized carbons (Fsp3) is 0.316. The van der Waals surface area contributed by atoms with Crippen LogP contribution < -0.4 is 10.2 Å². The van der Waals surface area contributed by atoms with Crippen LogP contribution in [0.25, 0.3) is 0 Å². The highest BCUT2D eigenvalue weighted by atomic mass is 35.5. The van der Waals surface area contributed by atoms with Crippen LogP contribution in [0.3, 0.4) is 0 Å². The van der Waals surface area contributed by atoms with Gasteiger partial charge in [-0.15, -0.1) is 0 Å². The molecule has 0 saturated carbocycles. The van der Waals surface area contributed by atoms with Crippen molar-refractivity contribution in [3.05, 3.63) is 53.3 Å². The molecule has 0 radical (unpaired) electrons. The number of nitrogens with one attached hydrogen (secondary N) is 1. The summed E-state index contributed by atoms with van der Waals surface area (Å²) in [5.74, 6) is -0.548. The van der Waals surface area contributed by atoms with Gasteiger partial charge in [0.05, 0.1) is 24.5 Å². The van der Waals surface area contributed by atoms with Crippen molar-refractivity contribution in [2.75, 3.05) is 16.8 Å². The Bertz CT molecular complexity index is 970. The third-order valence-corrected chi connectivity index (χ3v) is 5.66. The van der Waals surface area contributed by atoms with Crippen LogP contribution >= 0.6 is 11.6 Å². The fourth-order valence-electron chi connectivity index (χ4n) is 4.23. The Labute approximate surface area is 159 Å². The summed E-state index contributed by atoms with van der Waals surface area (Å²) in [4.78, 5) is 27.6. The molecule has 1 spiro atoms. The van der Waals surface area contributed by atoms with Crippen molar-refractivity contribution in [3.63, 3.8) is 0 Å². The Kier molecular flexibility index (Phi) is 3.47. The van der Waals surface area contributed by atoms with Crippen molar-refractivity contribution in [2.45, 2.75) is 18.6 Å². The quantitative estimate of drug-likeness (QED) is 0.821. The van der Waals surface area contributed by atoms with Crippen LogP contribution in [0.1, 0.15) is 5.76 Å². The lowest BCUT2D eigenvalue weighted by Gasteiger charge is -2.23. The lowest BCUT2D eigenvalue weighted by atomic mass is 9.77. The van der Waals surface area contributed by atoms with Gasteiger partial charge < -0.3 is 14.6 Å². The molecule has 138 valence electrons. The van der Waals surface area contributed by atoms with Gasteiger partial charge >= 0.3 is 0 Å². The van der Waals surface area contributed by atoms with Crippen molar-refractivity contribution >= 4 is 34.9 Å². The van der Waals surface area contributed by atoms with Crippen LogP contribution in [0, 0.1) is 18.8 Å². The zero-order valence-electron chi connectivity index (χ0n) is 14.4. The highest BCUT2D eigenvalue weighted by molar-refractivity contribution is 6.30. The van der Waals surface area contributed by atoms with E-state index in [-0.39, 0.29) is 11.8 Å². The molecule has 1 N–H and O–H groups in total. The largest absolute Gasteiger partial charge is 0.360 e. The first-order valence-electron chi connectivity index (χ1n) is 8.65. The molecule has 1 aromatic carbocycles. The monoisotopic (exact) mass is 385 g/mol. The number of carbonyl (C=O) groups is 2. The van der Waals surface area contributed by atoms with E-state index in [0.29, 0.717) is 28.8 Å². The molecule has 3 aliphatic heterocycles. The second-order valence-corrected chi connectivity index (χ2v) is 7.55. The number of fused-ring (bicyclic) bond motifs is 1. The number of aryl methyl sites for hydroxylation is 1. The average molecular weight is 386 g/mol. The number of anilines is 2. The van der Waals surface area contributed by atoms with E-state index in [0.717, 1.165) is 0 Å². The van der Waals surface area contributed by atoms with E-state index < -0.39 is 23.5 Å². The summed E-state index contributed by atoms with van der Waals surface area (Å²) >= 11 is 5.89. The van der Waals surface area contributed by atoms with Gasteiger partial charge in [0.2, 0.25) is 11.8 Å². The van der Waals surface area contributed by atoms with Gasteiger partial charge in [0.1, 0.15) is 11.4 Å². The number of benzene rings is 1. The predicted octanol–water partition coefficient (Wildman–Crippen LogP) is 2.56. The van der Waals surface area contributed by atoms with Gasteiger partial charge in [0.25, 0.3) is 0 Å². The second-order valence-electron chi connectivity index (χ2n) is 7.12. The van der Waals surface area contributed by atoms with Crippen LogP contribution in [0.15, 0.2) is 47.0 Å². The zero-order chi connectivity index (χ0) is 18.8. The summed E-state index contributed by atoms with van der Waals surface area (Å²) in [5.41, 5.74) is -0.170. The molecule has 2 saturated heterocycles. The Morgan fingerprint density at radius 1 is 1.37 bits per heavy atom. The van der Waals surface area contributed by atoms with Gasteiger partial charge in [-0.2, -0.15) is 0 Å². The van der Waals surface area contributed by atoms with E-state index in [1.165, 1.54) is 4.90 Å². The number of amides is 2. The molecule has 2 bridgehead atoms. The third kappa shape index (κ3) is 2.42. The van der Waals surface area contributed by atoms with Crippen molar-refractivity contribution in [2.24, 2.45) is 11.8 Å². The Hall–Kier alpha value is -2.64. The van der Waals surface area contributed by atoms with Gasteiger partial charge in [0, 0.05) is 16.8 Å². The maximum atomic E-state index is 13.1. The third-order valence-electron chi connectivity index (χ3n) is 5.41. The van der Waals surface area contributed by atoms with E-state index in [1.807, 2.05) is 12.2 Å². The molecule has 7 nitrogen and oxygen atoms in total. The van der Waals surface area contributed by atoms with Crippen LogP contribution in [0.4, 0.5) is 11.5 Å². The molecule has 8 heteroatoms. The molecule has 4 atom stereocenters. The summed E-state index contributed by atoms with van der Waals surface area (Å²) < 4.78 is 11.2. The van der Waals surface area contributed by atoms with Crippen LogP contribution in [-0.2, 0) is 14.3 Å². The lowest BCUT2D eigenvalue weighted by molar-refractivity contribution is -0.128. The summed E-state index contributed by atoms with van der Waals surface area (Å²) in [6, 6.07) is 8.55. The Morgan fingerprint density at radius 2 is 2.15 bits per heavy atom. The van der Waals surface area contributed by atoms with Gasteiger partial charge in [-0.05, 0) is 31.2 Å². The first-order valence-corrected chi connectivity index (χ1v) is 9.03. The topological polar surface area (TPSA) is 84.7 Å². The maximum absolute atomic E-state index is 13.1. The molecule has 5 rings (SSSR count). The Morgan fingerprint density at radius 3 is 2.85 bits per heavy atom. The minimum atomic E-state index is -0.795. The average Bonchev–Trinajstić information content (AvgIpc) is 3.38. The number of hydrogen-bond acceptors (Lipinski definition) is 5. The molecule has 1 aromatic heterocycles. The van der Waals surface area contributed by atoms with Gasteiger partial charge in [-0.3, -0.25) is 14.5 Å². The number of hydrogen-bond donors (Lipinski definition) is 1. The summed E-state index contributed by atoms with van der Waals surface area (Å²) in [6.45, 7) is 2.08. The van der Waals surface area contributed by atoms with E-state index >= 15 is 0 Å². The summed E-state index contributed by atoms with van der Waals surface area (Å²) in [6.07, 6.45) is 3.36. The van der Waals surface area contributed by atoms with Crippen LogP contribution in [0.5, 0.6) is 0 Å². The fourth-order valence-corrected chi connectivity index (χ4v) is 4.36. The number of nitrogens with zero attached hydrogens (tertiary/aromatic N) is 2. The lowest BCUT2D eigenvalue weighted by Crippen LogP contribution is -2.41. The number of carbonyl (C=O) groups excluding carboxylic acids is 2. The number of rotatable bonds is 3. The number of ether oxygens (including phenoxy) is 1.